The molecule has 2 heterocycles. The van der Waals surface area contributed by atoms with E-state index < -0.39 is 9.84 Å². The summed E-state index contributed by atoms with van der Waals surface area (Å²) < 4.78 is 24.4. The zero-order valence-electron chi connectivity index (χ0n) is 11.3. The number of hydrogen-bond acceptors (Lipinski definition) is 4. The van der Waals surface area contributed by atoms with Gasteiger partial charge in [0, 0.05) is 29.5 Å². The largest absolute Gasteiger partial charge is 0.392 e. The second kappa shape index (κ2) is 3.93. The van der Waals surface area contributed by atoms with Gasteiger partial charge < -0.3 is 5.11 Å². The number of aliphatic hydroxyl groups excluding tert-OH is 1. The van der Waals surface area contributed by atoms with Crippen molar-refractivity contribution in [2.45, 2.75) is 35.8 Å². The zero-order chi connectivity index (χ0) is 14.1. The van der Waals surface area contributed by atoms with Gasteiger partial charge in [-0.15, -0.1) is 0 Å². The molecule has 1 saturated heterocycles. The third-order valence-corrected chi connectivity index (χ3v) is 6.42. The maximum absolute atomic E-state index is 12.2. The van der Waals surface area contributed by atoms with Crippen LogP contribution >= 0.6 is 0 Å². The van der Waals surface area contributed by atoms with Crippen molar-refractivity contribution >= 4 is 15.4 Å². The molecular formula is C15H17NO3S. The molecule has 3 atom stereocenters. The molecule has 0 aromatic heterocycles. The molecule has 20 heavy (non-hydrogen) atoms. The SMILES string of the molecule is CN1CC(O)CC2c3cccc4c3C(=CS4(=O)=O)C[C@H]21. The molecule has 2 aliphatic heterocycles. The molecule has 2 unspecified atom stereocenters. The highest BCUT2D eigenvalue weighted by molar-refractivity contribution is 7.95. The molecule has 0 amide bonds. The number of nitrogens with zero attached hydrogens (tertiary/aromatic N) is 1. The van der Waals surface area contributed by atoms with Crippen molar-refractivity contribution in [3.8, 4) is 0 Å². The average Bonchev–Trinajstić information content (AvgIpc) is 2.64. The van der Waals surface area contributed by atoms with Crippen LogP contribution in [0.1, 0.15) is 29.9 Å². The summed E-state index contributed by atoms with van der Waals surface area (Å²) >= 11 is 0. The summed E-state index contributed by atoms with van der Waals surface area (Å²) in [6, 6.07) is 5.84. The van der Waals surface area contributed by atoms with E-state index in [1.54, 1.807) is 6.07 Å². The Labute approximate surface area is 118 Å². The number of rotatable bonds is 0. The Kier molecular flexibility index (Phi) is 2.47. The molecule has 3 aliphatic rings. The minimum absolute atomic E-state index is 0.226. The lowest BCUT2D eigenvalue weighted by atomic mass is 9.72. The second-order valence-corrected chi connectivity index (χ2v) is 7.88. The maximum atomic E-state index is 12.2. The fourth-order valence-corrected chi connectivity index (χ4v) is 5.57. The van der Waals surface area contributed by atoms with Gasteiger partial charge in [-0.3, -0.25) is 4.90 Å². The summed E-state index contributed by atoms with van der Waals surface area (Å²) in [6.45, 7) is 0.663. The minimum atomic E-state index is -3.27. The first-order valence-corrected chi connectivity index (χ1v) is 8.49. The van der Waals surface area contributed by atoms with Crippen molar-refractivity contribution in [3.05, 3.63) is 34.7 Å². The highest BCUT2D eigenvalue weighted by Gasteiger charge is 2.43. The number of fused-ring (bicyclic) bond motifs is 2. The van der Waals surface area contributed by atoms with Gasteiger partial charge >= 0.3 is 0 Å². The van der Waals surface area contributed by atoms with Crippen LogP contribution in [0.2, 0.25) is 0 Å². The van der Waals surface area contributed by atoms with Crippen molar-refractivity contribution in [1.82, 2.24) is 4.90 Å². The van der Waals surface area contributed by atoms with E-state index in [-0.39, 0.29) is 12.0 Å². The van der Waals surface area contributed by atoms with Gasteiger partial charge in [0.1, 0.15) is 0 Å². The number of likely N-dealkylation sites (N-methyl/N-ethyl adjacent to an activating group) is 1. The Bertz CT molecular complexity index is 723. The predicted molar refractivity (Wildman–Crippen MR) is 76.0 cm³/mol. The van der Waals surface area contributed by atoms with Crippen molar-refractivity contribution in [2.24, 2.45) is 0 Å². The van der Waals surface area contributed by atoms with Gasteiger partial charge in [-0.2, -0.15) is 0 Å². The van der Waals surface area contributed by atoms with Crippen LogP contribution in [0.4, 0.5) is 0 Å². The summed E-state index contributed by atoms with van der Waals surface area (Å²) in [6.07, 6.45) is 1.15. The van der Waals surface area contributed by atoms with Crippen molar-refractivity contribution in [3.63, 3.8) is 0 Å². The topological polar surface area (TPSA) is 57.6 Å². The molecule has 4 nitrogen and oxygen atoms in total. The van der Waals surface area contributed by atoms with Crippen LogP contribution in [0, 0.1) is 0 Å². The molecule has 0 saturated carbocycles. The fraction of sp³-hybridized carbons (Fsp3) is 0.467. The third kappa shape index (κ3) is 1.57. The van der Waals surface area contributed by atoms with Gasteiger partial charge in [0.15, 0.2) is 0 Å². The van der Waals surface area contributed by atoms with Gasteiger partial charge in [0.05, 0.1) is 11.0 Å². The smallest absolute Gasteiger partial charge is 0.200 e. The maximum Gasteiger partial charge on any atom is 0.200 e. The van der Waals surface area contributed by atoms with Crippen LogP contribution in [0.15, 0.2) is 28.5 Å². The fourth-order valence-electron chi connectivity index (χ4n) is 4.06. The number of likely N-dealkylation sites (tertiary alicyclic amines) is 1. The zero-order valence-corrected chi connectivity index (χ0v) is 12.1. The van der Waals surface area contributed by atoms with Crippen LogP contribution in [-0.4, -0.2) is 44.2 Å². The van der Waals surface area contributed by atoms with Crippen LogP contribution in [0.3, 0.4) is 0 Å². The summed E-state index contributed by atoms with van der Waals surface area (Å²) in [4.78, 5) is 2.62. The molecule has 1 fully saturated rings. The first kappa shape index (κ1) is 12.6. The van der Waals surface area contributed by atoms with Gasteiger partial charge in [-0.25, -0.2) is 8.42 Å². The molecule has 4 rings (SSSR count). The monoisotopic (exact) mass is 291 g/mol. The number of β-amino-alcohol motifs (C(OH)–C–C–N with tert-alkyl or cyclic N) is 1. The highest BCUT2D eigenvalue weighted by atomic mass is 32.2. The molecule has 1 aromatic carbocycles. The highest BCUT2D eigenvalue weighted by Crippen LogP contribution is 2.49. The lowest BCUT2D eigenvalue weighted by Crippen LogP contribution is -2.49. The summed E-state index contributed by atoms with van der Waals surface area (Å²) in [5.74, 6) is 0.226. The Morgan fingerprint density at radius 1 is 1.35 bits per heavy atom. The summed E-state index contributed by atoms with van der Waals surface area (Å²) in [5, 5.41) is 11.5. The average molecular weight is 291 g/mol. The van der Waals surface area contributed by atoms with Crippen molar-refractivity contribution in [2.75, 3.05) is 13.6 Å². The molecule has 1 aliphatic carbocycles. The lowest BCUT2D eigenvalue weighted by Gasteiger charge is -2.45. The van der Waals surface area contributed by atoms with E-state index in [2.05, 4.69) is 4.90 Å². The first-order valence-electron chi connectivity index (χ1n) is 6.94. The molecule has 1 N–H and O–H groups in total. The van der Waals surface area contributed by atoms with E-state index in [9.17, 15) is 13.5 Å². The standard InChI is InChI=1S/C15H17NO3S/c1-16-7-10(17)6-12-11-3-2-4-14-15(11)9(5-13(12)16)8-20(14,18)19/h2-4,8,10,12-13,17H,5-7H2,1H3/t10?,12?,13-/m1/s1. The number of aliphatic hydroxyl groups is 1. The van der Waals surface area contributed by atoms with E-state index in [1.807, 2.05) is 19.2 Å². The molecule has 106 valence electrons. The number of hydrogen-bond donors (Lipinski definition) is 1. The summed E-state index contributed by atoms with van der Waals surface area (Å²) in [5.41, 5.74) is 2.95. The van der Waals surface area contributed by atoms with Gasteiger partial charge in [0.25, 0.3) is 0 Å². The second-order valence-electron chi connectivity index (χ2n) is 6.12. The van der Waals surface area contributed by atoms with Crippen LogP contribution in [0.5, 0.6) is 0 Å². The Hall–Kier alpha value is -1.17. The number of piperidine rings is 1. The van der Waals surface area contributed by atoms with E-state index in [0.717, 1.165) is 29.5 Å². The van der Waals surface area contributed by atoms with Crippen molar-refractivity contribution < 1.29 is 13.5 Å². The van der Waals surface area contributed by atoms with Gasteiger partial charge in [0.2, 0.25) is 9.84 Å². The van der Waals surface area contributed by atoms with Gasteiger partial charge in [-0.05, 0) is 37.1 Å². The normalized spacial score (nSPS) is 34.3. The quantitative estimate of drug-likeness (QED) is 0.784. The van der Waals surface area contributed by atoms with Crippen LogP contribution in [-0.2, 0) is 9.84 Å². The summed E-state index contributed by atoms with van der Waals surface area (Å²) in [7, 11) is -1.25. The number of benzene rings is 1. The van der Waals surface area contributed by atoms with Crippen molar-refractivity contribution in [1.29, 1.82) is 0 Å². The Balaban J connectivity index is 1.94. The third-order valence-electron chi connectivity index (χ3n) is 4.87. The van der Waals surface area contributed by atoms with E-state index in [0.29, 0.717) is 17.5 Å². The predicted octanol–water partition coefficient (Wildman–Crippen LogP) is 1.37. The lowest BCUT2D eigenvalue weighted by molar-refractivity contribution is 0.0362. The Morgan fingerprint density at radius 2 is 2.15 bits per heavy atom. The molecule has 1 aromatic rings. The molecule has 0 bridgehead atoms. The van der Waals surface area contributed by atoms with Gasteiger partial charge in [-0.1, -0.05) is 12.1 Å². The van der Waals surface area contributed by atoms with E-state index in [1.165, 1.54) is 5.41 Å². The number of sulfone groups is 1. The van der Waals surface area contributed by atoms with Crippen LogP contribution in [0.25, 0.3) is 5.57 Å². The Morgan fingerprint density at radius 3 is 2.95 bits per heavy atom. The minimum Gasteiger partial charge on any atom is -0.392 e. The van der Waals surface area contributed by atoms with Crippen LogP contribution < -0.4 is 0 Å². The molecule has 5 heteroatoms. The molecular weight excluding hydrogens is 274 g/mol. The van der Waals surface area contributed by atoms with E-state index in [4.69, 9.17) is 0 Å². The van der Waals surface area contributed by atoms with E-state index >= 15 is 0 Å². The first-order chi connectivity index (χ1) is 9.47. The molecule has 0 spiro atoms. The molecule has 0 radical (unpaired) electrons.